The maximum absolute atomic E-state index is 14.6. The molecule has 1 aliphatic rings. The third kappa shape index (κ3) is 2.81. The number of hydrogen-bond acceptors (Lipinski definition) is 2. The van der Waals surface area contributed by atoms with Gasteiger partial charge < -0.3 is 5.32 Å². The van der Waals surface area contributed by atoms with Gasteiger partial charge >= 0.3 is 0 Å². The molecule has 1 N–H and O–H groups in total. The Morgan fingerprint density at radius 2 is 1.46 bits per heavy atom. The summed E-state index contributed by atoms with van der Waals surface area (Å²) in [5.74, 6) is -0.131. The highest BCUT2D eigenvalue weighted by Crippen LogP contribution is 2.34. The van der Waals surface area contributed by atoms with Gasteiger partial charge in [-0.1, -0.05) is 60.7 Å². The molecule has 0 aliphatic carbocycles. The van der Waals surface area contributed by atoms with Crippen molar-refractivity contribution in [2.24, 2.45) is 0 Å². The molecule has 1 aliphatic heterocycles. The molecular formula is C21H21FN2. The van der Waals surface area contributed by atoms with Crippen LogP contribution in [0.4, 0.5) is 4.39 Å². The first-order chi connectivity index (χ1) is 11.8. The standard InChI is InChI=1S/C21H21FN2/c22-20-11-4-3-9-19(20)21(24-14-12-23-13-15-24)18-10-5-7-16-6-1-2-8-17(16)18/h1-11,21,23H,12-15H2. The van der Waals surface area contributed by atoms with Crippen molar-refractivity contribution in [3.8, 4) is 0 Å². The van der Waals surface area contributed by atoms with Crippen LogP contribution in [-0.4, -0.2) is 31.1 Å². The SMILES string of the molecule is Fc1ccccc1C(c1cccc2ccccc12)N1CCNCC1. The number of rotatable bonds is 3. The molecule has 3 heteroatoms. The third-order valence-corrected chi connectivity index (χ3v) is 4.83. The summed E-state index contributed by atoms with van der Waals surface area (Å²) < 4.78 is 14.6. The lowest BCUT2D eigenvalue weighted by Gasteiger charge is -2.36. The van der Waals surface area contributed by atoms with E-state index in [-0.39, 0.29) is 11.9 Å². The van der Waals surface area contributed by atoms with E-state index in [1.54, 1.807) is 12.1 Å². The smallest absolute Gasteiger partial charge is 0.128 e. The summed E-state index contributed by atoms with van der Waals surface area (Å²) >= 11 is 0. The van der Waals surface area contributed by atoms with Gasteiger partial charge in [-0.15, -0.1) is 0 Å². The van der Waals surface area contributed by atoms with Gasteiger partial charge in [0.2, 0.25) is 0 Å². The van der Waals surface area contributed by atoms with Crippen molar-refractivity contribution in [1.29, 1.82) is 0 Å². The van der Waals surface area contributed by atoms with E-state index < -0.39 is 0 Å². The number of fused-ring (bicyclic) bond motifs is 1. The second-order valence-corrected chi connectivity index (χ2v) is 6.28. The first kappa shape index (κ1) is 15.3. The van der Waals surface area contributed by atoms with E-state index in [4.69, 9.17) is 0 Å². The van der Waals surface area contributed by atoms with Crippen LogP contribution < -0.4 is 5.32 Å². The molecule has 1 atom stereocenters. The fraction of sp³-hybridized carbons (Fsp3) is 0.238. The molecule has 24 heavy (non-hydrogen) atoms. The largest absolute Gasteiger partial charge is 0.314 e. The zero-order chi connectivity index (χ0) is 16.4. The monoisotopic (exact) mass is 320 g/mol. The van der Waals surface area contributed by atoms with Crippen LogP contribution in [0.2, 0.25) is 0 Å². The molecule has 4 rings (SSSR count). The van der Waals surface area contributed by atoms with Gasteiger partial charge in [-0.2, -0.15) is 0 Å². The number of benzene rings is 3. The van der Waals surface area contributed by atoms with E-state index in [1.807, 2.05) is 12.1 Å². The lowest BCUT2D eigenvalue weighted by atomic mass is 9.92. The second-order valence-electron chi connectivity index (χ2n) is 6.28. The fourth-order valence-electron chi connectivity index (χ4n) is 3.69. The predicted molar refractivity (Wildman–Crippen MR) is 96.6 cm³/mol. The first-order valence-corrected chi connectivity index (χ1v) is 8.51. The first-order valence-electron chi connectivity index (χ1n) is 8.51. The Labute approximate surface area is 141 Å². The van der Waals surface area contributed by atoms with Crippen LogP contribution >= 0.6 is 0 Å². The zero-order valence-corrected chi connectivity index (χ0v) is 13.6. The van der Waals surface area contributed by atoms with Crippen molar-refractivity contribution >= 4 is 10.8 Å². The topological polar surface area (TPSA) is 15.3 Å². The Hall–Kier alpha value is -2.23. The minimum absolute atomic E-state index is 0.0561. The molecule has 0 bridgehead atoms. The van der Waals surface area contributed by atoms with Crippen LogP contribution in [0, 0.1) is 5.82 Å². The molecule has 1 unspecified atom stereocenters. The van der Waals surface area contributed by atoms with Crippen LogP contribution in [0.3, 0.4) is 0 Å². The number of hydrogen-bond donors (Lipinski definition) is 1. The molecule has 1 heterocycles. The number of nitrogens with zero attached hydrogens (tertiary/aromatic N) is 1. The highest BCUT2D eigenvalue weighted by atomic mass is 19.1. The molecular weight excluding hydrogens is 299 g/mol. The van der Waals surface area contributed by atoms with Gasteiger partial charge in [-0.25, -0.2) is 4.39 Å². The van der Waals surface area contributed by atoms with Gasteiger partial charge in [0.15, 0.2) is 0 Å². The van der Waals surface area contributed by atoms with E-state index in [1.165, 1.54) is 16.3 Å². The molecule has 122 valence electrons. The third-order valence-electron chi connectivity index (χ3n) is 4.83. The lowest BCUT2D eigenvalue weighted by Crippen LogP contribution is -2.45. The summed E-state index contributed by atoms with van der Waals surface area (Å²) in [6.07, 6.45) is 0. The molecule has 2 nitrogen and oxygen atoms in total. The highest BCUT2D eigenvalue weighted by Gasteiger charge is 2.27. The Kier molecular flexibility index (Phi) is 4.28. The van der Waals surface area contributed by atoms with Crippen molar-refractivity contribution in [3.63, 3.8) is 0 Å². The fourth-order valence-corrected chi connectivity index (χ4v) is 3.69. The summed E-state index contributed by atoms with van der Waals surface area (Å²) in [7, 11) is 0. The van der Waals surface area contributed by atoms with E-state index in [0.29, 0.717) is 0 Å². The molecule has 1 fully saturated rings. The summed E-state index contributed by atoms with van der Waals surface area (Å²) in [5, 5.41) is 5.79. The van der Waals surface area contributed by atoms with Crippen LogP contribution in [0.15, 0.2) is 66.7 Å². The summed E-state index contributed by atoms with van der Waals surface area (Å²) in [5.41, 5.74) is 1.94. The Balaban J connectivity index is 1.90. The second kappa shape index (κ2) is 6.71. The van der Waals surface area contributed by atoms with Gasteiger partial charge in [0.1, 0.15) is 5.82 Å². The maximum atomic E-state index is 14.6. The van der Waals surface area contributed by atoms with Gasteiger partial charge in [-0.3, -0.25) is 4.90 Å². The number of piperazine rings is 1. The average molecular weight is 320 g/mol. The average Bonchev–Trinajstić information content (AvgIpc) is 2.65. The zero-order valence-electron chi connectivity index (χ0n) is 13.6. The molecule has 3 aromatic rings. The van der Waals surface area contributed by atoms with Gasteiger partial charge in [-0.05, 0) is 22.4 Å². The molecule has 1 saturated heterocycles. The number of nitrogens with one attached hydrogen (secondary N) is 1. The van der Waals surface area contributed by atoms with Crippen molar-refractivity contribution in [2.75, 3.05) is 26.2 Å². The van der Waals surface area contributed by atoms with Crippen molar-refractivity contribution < 1.29 is 4.39 Å². The van der Waals surface area contributed by atoms with Crippen LogP contribution in [-0.2, 0) is 0 Å². The van der Waals surface area contributed by atoms with E-state index >= 15 is 0 Å². The maximum Gasteiger partial charge on any atom is 0.128 e. The van der Waals surface area contributed by atoms with Crippen molar-refractivity contribution in [1.82, 2.24) is 10.2 Å². The Morgan fingerprint density at radius 3 is 2.29 bits per heavy atom. The molecule has 0 aromatic heterocycles. The molecule has 0 spiro atoms. The lowest BCUT2D eigenvalue weighted by molar-refractivity contribution is 0.196. The molecule has 0 radical (unpaired) electrons. The minimum atomic E-state index is -0.131. The van der Waals surface area contributed by atoms with Gasteiger partial charge in [0.05, 0.1) is 6.04 Å². The van der Waals surface area contributed by atoms with E-state index in [2.05, 4.69) is 52.7 Å². The van der Waals surface area contributed by atoms with E-state index in [9.17, 15) is 4.39 Å². The van der Waals surface area contributed by atoms with Gasteiger partial charge in [0, 0.05) is 31.7 Å². The quantitative estimate of drug-likeness (QED) is 0.785. The molecule has 3 aromatic carbocycles. The van der Waals surface area contributed by atoms with Crippen molar-refractivity contribution in [2.45, 2.75) is 6.04 Å². The van der Waals surface area contributed by atoms with Crippen LogP contribution in [0.25, 0.3) is 10.8 Å². The molecule has 0 amide bonds. The van der Waals surface area contributed by atoms with E-state index in [0.717, 1.165) is 31.7 Å². The number of halogens is 1. The van der Waals surface area contributed by atoms with Crippen molar-refractivity contribution in [3.05, 3.63) is 83.7 Å². The predicted octanol–water partition coefficient (Wildman–Crippen LogP) is 3.97. The summed E-state index contributed by atoms with van der Waals surface area (Å²) in [4.78, 5) is 2.39. The Bertz CT molecular complexity index is 835. The molecule has 0 saturated carbocycles. The van der Waals surface area contributed by atoms with Gasteiger partial charge in [0.25, 0.3) is 0 Å². The summed E-state index contributed by atoms with van der Waals surface area (Å²) in [6.45, 7) is 3.72. The Morgan fingerprint density at radius 1 is 0.792 bits per heavy atom. The van der Waals surface area contributed by atoms with Crippen LogP contribution in [0.1, 0.15) is 17.2 Å². The highest BCUT2D eigenvalue weighted by molar-refractivity contribution is 5.86. The van der Waals surface area contributed by atoms with Crippen LogP contribution in [0.5, 0.6) is 0 Å². The minimum Gasteiger partial charge on any atom is -0.314 e. The normalized spacial score (nSPS) is 17.0. The summed E-state index contributed by atoms with van der Waals surface area (Å²) in [6, 6.07) is 21.8.